The first kappa shape index (κ1) is 27.8. The van der Waals surface area contributed by atoms with E-state index in [4.69, 9.17) is 0 Å². The zero-order valence-corrected chi connectivity index (χ0v) is 22.8. The van der Waals surface area contributed by atoms with Crippen molar-refractivity contribution < 1.29 is 18.0 Å². The van der Waals surface area contributed by atoms with E-state index in [-0.39, 0.29) is 28.9 Å². The summed E-state index contributed by atoms with van der Waals surface area (Å²) < 4.78 is 24.1. The number of piperazine rings is 1. The van der Waals surface area contributed by atoms with E-state index in [1.807, 2.05) is 17.0 Å². The standard InChI is InChI=1S/C29H36N4O4S/c1-2-38(36,37)26-13-11-23(12-14-26)27(15-16-30)31-28(34)24-9-7-22(8-10-24)21-32-17-19-33(20-18-32)29(35)25-5-3-4-6-25/h7-14,25,27H,2-6,15,17-21H2,1H3,(H,31,34). The van der Waals surface area contributed by atoms with E-state index in [0.717, 1.165) is 51.1 Å². The first-order valence-corrected chi connectivity index (χ1v) is 15.1. The lowest BCUT2D eigenvalue weighted by Crippen LogP contribution is -2.49. The van der Waals surface area contributed by atoms with Crippen LogP contribution in [0.4, 0.5) is 0 Å². The highest BCUT2D eigenvalue weighted by Crippen LogP contribution is 2.27. The van der Waals surface area contributed by atoms with Gasteiger partial charge < -0.3 is 10.2 Å². The van der Waals surface area contributed by atoms with Gasteiger partial charge in [-0.15, -0.1) is 0 Å². The zero-order valence-electron chi connectivity index (χ0n) is 21.9. The Hall–Kier alpha value is -3.22. The van der Waals surface area contributed by atoms with Gasteiger partial charge in [0.25, 0.3) is 5.91 Å². The number of sulfone groups is 1. The van der Waals surface area contributed by atoms with Crippen molar-refractivity contribution in [2.75, 3.05) is 31.9 Å². The van der Waals surface area contributed by atoms with Crippen LogP contribution in [0.3, 0.4) is 0 Å². The largest absolute Gasteiger partial charge is 0.344 e. The monoisotopic (exact) mass is 536 g/mol. The van der Waals surface area contributed by atoms with E-state index in [0.29, 0.717) is 17.0 Å². The van der Waals surface area contributed by atoms with E-state index < -0.39 is 15.9 Å². The lowest BCUT2D eigenvalue weighted by molar-refractivity contribution is -0.137. The Balaban J connectivity index is 1.31. The van der Waals surface area contributed by atoms with Gasteiger partial charge in [-0.1, -0.05) is 44.0 Å². The van der Waals surface area contributed by atoms with Gasteiger partial charge >= 0.3 is 0 Å². The smallest absolute Gasteiger partial charge is 0.251 e. The molecule has 1 N–H and O–H groups in total. The molecule has 0 spiro atoms. The van der Waals surface area contributed by atoms with Crippen molar-refractivity contribution in [1.82, 2.24) is 15.1 Å². The average Bonchev–Trinajstić information content (AvgIpc) is 3.48. The Kier molecular flexibility index (Phi) is 9.18. The van der Waals surface area contributed by atoms with E-state index in [1.165, 1.54) is 25.0 Å². The van der Waals surface area contributed by atoms with Crippen molar-refractivity contribution in [3.05, 3.63) is 65.2 Å². The predicted octanol–water partition coefficient (Wildman–Crippen LogP) is 3.70. The number of carbonyl (C=O) groups is 2. The number of hydrogen-bond acceptors (Lipinski definition) is 6. The number of amides is 2. The Morgan fingerprint density at radius 3 is 2.21 bits per heavy atom. The van der Waals surface area contributed by atoms with Crippen LogP contribution in [0.15, 0.2) is 53.4 Å². The summed E-state index contributed by atoms with van der Waals surface area (Å²) in [5.74, 6) is 0.275. The minimum absolute atomic E-state index is 0.0109. The predicted molar refractivity (Wildman–Crippen MR) is 145 cm³/mol. The Morgan fingerprint density at radius 2 is 1.63 bits per heavy atom. The van der Waals surface area contributed by atoms with Crippen LogP contribution in [0, 0.1) is 17.2 Å². The SMILES string of the molecule is CCS(=O)(=O)c1ccc(C(CC#N)NC(=O)c2ccc(CN3CCN(C(=O)C4CCCC4)CC3)cc2)cc1. The highest BCUT2D eigenvalue weighted by atomic mass is 32.2. The van der Waals surface area contributed by atoms with Gasteiger partial charge in [-0.2, -0.15) is 5.26 Å². The molecule has 0 aromatic heterocycles. The third kappa shape index (κ3) is 6.80. The van der Waals surface area contributed by atoms with Crippen molar-refractivity contribution in [1.29, 1.82) is 5.26 Å². The Morgan fingerprint density at radius 1 is 1.00 bits per heavy atom. The second-order valence-corrected chi connectivity index (χ2v) is 12.4. The van der Waals surface area contributed by atoms with E-state index >= 15 is 0 Å². The summed E-state index contributed by atoms with van der Waals surface area (Å²) in [4.78, 5) is 30.2. The molecule has 2 fully saturated rings. The Bertz CT molecular complexity index is 1260. The van der Waals surface area contributed by atoms with Crippen LogP contribution in [0.2, 0.25) is 0 Å². The van der Waals surface area contributed by atoms with Crippen LogP contribution in [-0.4, -0.2) is 62.0 Å². The maximum atomic E-state index is 12.9. The third-order valence-electron chi connectivity index (χ3n) is 7.63. The maximum absolute atomic E-state index is 12.9. The number of benzene rings is 2. The fraction of sp³-hybridized carbons (Fsp3) is 0.483. The van der Waals surface area contributed by atoms with Crippen LogP contribution < -0.4 is 5.32 Å². The summed E-state index contributed by atoms with van der Waals surface area (Å²) in [7, 11) is -3.32. The summed E-state index contributed by atoms with van der Waals surface area (Å²) in [6.45, 7) is 5.57. The second kappa shape index (κ2) is 12.5. The average molecular weight is 537 g/mol. The third-order valence-corrected chi connectivity index (χ3v) is 9.38. The summed E-state index contributed by atoms with van der Waals surface area (Å²) in [6, 6.07) is 15.3. The topological polar surface area (TPSA) is 111 Å². The van der Waals surface area contributed by atoms with Gasteiger partial charge in [0.15, 0.2) is 9.84 Å². The molecule has 1 saturated carbocycles. The molecule has 1 aliphatic carbocycles. The molecular weight excluding hydrogens is 500 g/mol. The summed E-state index contributed by atoms with van der Waals surface area (Å²) in [5, 5.41) is 12.2. The number of carbonyl (C=O) groups excluding carboxylic acids is 2. The van der Waals surface area contributed by atoms with Gasteiger partial charge in [0.2, 0.25) is 5.91 Å². The van der Waals surface area contributed by atoms with E-state index in [1.54, 1.807) is 31.2 Å². The van der Waals surface area contributed by atoms with Crippen molar-refractivity contribution in [3.63, 3.8) is 0 Å². The second-order valence-electron chi connectivity index (χ2n) is 10.1. The van der Waals surface area contributed by atoms with Crippen LogP contribution >= 0.6 is 0 Å². The zero-order chi connectivity index (χ0) is 27.1. The molecule has 0 radical (unpaired) electrons. The minimum Gasteiger partial charge on any atom is -0.344 e. The number of nitriles is 1. The molecule has 2 aromatic carbocycles. The van der Waals surface area contributed by atoms with Gasteiger partial charge in [0.1, 0.15) is 0 Å². The molecule has 1 atom stereocenters. The fourth-order valence-electron chi connectivity index (χ4n) is 5.24. The summed E-state index contributed by atoms with van der Waals surface area (Å²) in [5.41, 5.74) is 2.27. The first-order chi connectivity index (χ1) is 18.3. The first-order valence-electron chi connectivity index (χ1n) is 13.4. The van der Waals surface area contributed by atoms with Gasteiger partial charge in [-0.25, -0.2) is 8.42 Å². The molecule has 2 aromatic rings. The molecule has 0 bridgehead atoms. The van der Waals surface area contributed by atoms with Crippen molar-refractivity contribution >= 4 is 21.7 Å². The summed E-state index contributed by atoms with van der Waals surface area (Å²) in [6.07, 6.45) is 4.47. The molecule has 8 nitrogen and oxygen atoms in total. The molecule has 1 saturated heterocycles. The molecule has 202 valence electrons. The van der Waals surface area contributed by atoms with Gasteiger partial charge in [0.05, 0.1) is 29.2 Å². The van der Waals surface area contributed by atoms with Crippen LogP contribution in [0.25, 0.3) is 0 Å². The molecule has 4 rings (SSSR count). The van der Waals surface area contributed by atoms with Crippen LogP contribution in [0.1, 0.15) is 66.6 Å². The molecule has 1 unspecified atom stereocenters. The van der Waals surface area contributed by atoms with Crippen LogP contribution in [0.5, 0.6) is 0 Å². The molecule has 2 aliphatic rings. The molecule has 2 amide bonds. The maximum Gasteiger partial charge on any atom is 0.251 e. The highest BCUT2D eigenvalue weighted by molar-refractivity contribution is 7.91. The quantitative estimate of drug-likeness (QED) is 0.523. The minimum atomic E-state index is -3.32. The van der Waals surface area contributed by atoms with Crippen LogP contribution in [-0.2, 0) is 21.2 Å². The number of hydrogen-bond donors (Lipinski definition) is 1. The van der Waals surface area contributed by atoms with Crippen molar-refractivity contribution in [2.24, 2.45) is 5.92 Å². The molecule has 38 heavy (non-hydrogen) atoms. The normalized spacial score (nSPS) is 17.6. The Labute approximate surface area is 225 Å². The van der Waals surface area contributed by atoms with Crippen molar-refractivity contribution in [2.45, 2.75) is 56.5 Å². The molecular formula is C29H36N4O4S. The fourth-order valence-corrected chi connectivity index (χ4v) is 6.12. The van der Waals surface area contributed by atoms with Gasteiger partial charge in [-0.3, -0.25) is 14.5 Å². The van der Waals surface area contributed by atoms with Gasteiger partial charge in [-0.05, 0) is 48.2 Å². The molecule has 1 heterocycles. The van der Waals surface area contributed by atoms with E-state index in [2.05, 4.69) is 16.3 Å². The number of nitrogens with one attached hydrogen (secondary N) is 1. The molecule has 1 aliphatic heterocycles. The van der Waals surface area contributed by atoms with Crippen molar-refractivity contribution in [3.8, 4) is 6.07 Å². The number of nitrogens with zero attached hydrogens (tertiary/aromatic N) is 3. The summed E-state index contributed by atoms with van der Waals surface area (Å²) >= 11 is 0. The van der Waals surface area contributed by atoms with E-state index in [9.17, 15) is 23.3 Å². The molecule has 9 heteroatoms. The van der Waals surface area contributed by atoms with Gasteiger partial charge in [0, 0.05) is 44.2 Å². The lowest BCUT2D eigenvalue weighted by atomic mass is 10.0. The lowest BCUT2D eigenvalue weighted by Gasteiger charge is -2.36. The number of rotatable bonds is 9. The highest BCUT2D eigenvalue weighted by Gasteiger charge is 2.29.